The van der Waals surface area contributed by atoms with Gasteiger partial charge in [-0.05, 0) is 26.7 Å². The van der Waals surface area contributed by atoms with E-state index in [0.717, 1.165) is 19.3 Å². The Kier molecular flexibility index (Phi) is 4.32. The van der Waals surface area contributed by atoms with Crippen LogP contribution in [0.15, 0.2) is 15.8 Å². The van der Waals surface area contributed by atoms with E-state index >= 15 is 0 Å². The minimum absolute atomic E-state index is 0.0342. The molecule has 0 atom stereocenters. The second-order valence-electron chi connectivity index (χ2n) is 4.99. The Hall–Kier alpha value is -2.03. The number of rotatable bonds is 5. The van der Waals surface area contributed by atoms with Crippen LogP contribution >= 0.6 is 0 Å². The van der Waals surface area contributed by atoms with E-state index in [0.29, 0.717) is 6.54 Å². The van der Waals surface area contributed by atoms with Crippen LogP contribution in [-0.2, 0) is 6.54 Å². The molecule has 1 heterocycles. The fraction of sp³-hybridized carbons (Fsp3) is 0.583. The van der Waals surface area contributed by atoms with Crippen molar-refractivity contribution in [3.05, 3.63) is 27.0 Å². The van der Waals surface area contributed by atoms with Crippen molar-refractivity contribution in [1.82, 2.24) is 9.55 Å². The second kappa shape index (κ2) is 5.54. The maximum atomic E-state index is 11.4. The molecule has 0 saturated carbocycles. The van der Waals surface area contributed by atoms with E-state index in [9.17, 15) is 9.59 Å². The molecule has 1 rings (SSSR count). The van der Waals surface area contributed by atoms with Crippen molar-refractivity contribution in [3.8, 4) is 6.07 Å². The summed E-state index contributed by atoms with van der Waals surface area (Å²) < 4.78 is 1.39. The highest BCUT2D eigenvalue weighted by molar-refractivity contribution is 5.30. The number of nitrogen functional groups attached to an aromatic ring is 1. The van der Waals surface area contributed by atoms with Gasteiger partial charge in [-0.25, -0.2) is 4.79 Å². The lowest BCUT2D eigenvalue weighted by molar-refractivity contribution is 0.414. The van der Waals surface area contributed by atoms with E-state index in [4.69, 9.17) is 11.0 Å². The number of nitriles is 1. The van der Waals surface area contributed by atoms with Crippen LogP contribution in [0.5, 0.6) is 0 Å². The third-order valence-electron chi connectivity index (χ3n) is 2.79. The summed E-state index contributed by atoms with van der Waals surface area (Å²) in [5, 5.41) is 8.86. The Balaban J connectivity index is 2.56. The van der Waals surface area contributed by atoms with Crippen LogP contribution in [0.2, 0.25) is 0 Å². The lowest BCUT2D eigenvalue weighted by Crippen LogP contribution is -2.31. The average Bonchev–Trinajstić information content (AvgIpc) is 2.31. The molecule has 0 spiro atoms. The van der Waals surface area contributed by atoms with E-state index in [-0.39, 0.29) is 11.1 Å². The van der Waals surface area contributed by atoms with Crippen LogP contribution in [0, 0.1) is 16.7 Å². The molecule has 0 unspecified atom stereocenters. The normalized spacial score (nSPS) is 11.2. The molecule has 0 aliphatic heterocycles. The number of H-pyrrole nitrogens is 1. The van der Waals surface area contributed by atoms with Crippen LogP contribution in [0.4, 0.5) is 5.69 Å². The highest BCUT2D eigenvalue weighted by Crippen LogP contribution is 2.21. The summed E-state index contributed by atoms with van der Waals surface area (Å²) >= 11 is 0. The van der Waals surface area contributed by atoms with Crippen molar-refractivity contribution >= 4 is 5.69 Å². The molecule has 6 heteroatoms. The molecule has 0 aliphatic carbocycles. The molecular formula is C12H18N4O2. The zero-order valence-electron chi connectivity index (χ0n) is 10.7. The highest BCUT2D eigenvalue weighted by Gasteiger charge is 2.15. The number of anilines is 1. The van der Waals surface area contributed by atoms with Crippen molar-refractivity contribution in [2.45, 2.75) is 39.7 Å². The molecule has 1 aromatic heterocycles. The fourth-order valence-electron chi connectivity index (χ4n) is 1.60. The first kappa shape index (κ1) is 14.0. The van der Waals surface area contributed by atoms with Crippen LogP contribution in [-0.4, -0.2) is 9.55 Å². The number of nitrogens with two attached hydrogens (primary N) is 1. The fourth-order valence-corrected chi connectivity index (χ4v) is 1.60. The molecule has 0 fully saturated rings. The van der Waals surface area contributed by atoms with Gasteiger partial charge in [-0.3, -0.25) is 14.3 Å². The third-order valence-corrected chi connectivity index (χ3v) is 2.79. The third kappa shape index (κ3) is 3.77. The predicted molar refractivity (Wildman–Crippen MR) is 69.0 cm³/mol. The molecule has 6 nitrogen and oxygen atoms in total. The first-order valence-electron chi connectivity index (χ1n) is 5.86. The van der Waals surface area contributed by atoms with Gasteiger partial charge in [0.05, 0.1) is 11.5 Å². The number of hydrogen-bond acceptors (Lipinski definition) is 4. The molecule has 0 amide bonds. The number of aromatic amines is 1. The topological polar surface area (TPSA) is 105 Å². The van der Waals surface area contributed by atoms with Crippen LogP contribution in [0.3, 0.4) is 0 Å². The molecule has 0 bridgehead atoms. The minimum atomic E-state index is -0.554. The standard InChI is InChI=1S/C12H18N4O2/c1-12(2,8-13)5-3-4-6-16-7-9(14)10(17)15-11(16)18/h7H,3-6,14H2,1-2H3,(H,15,17,18). The highest BCUT2D eigenvalue weighted by atomic mass is 16.2. The molecule has 0 aliphatic rings. The smallest absolute Gasteiger partial charge is 0.328 e. The van der Waals surface area contributed by atoms with E-state index in [1.807, 2.05) is 13.8 Å². The SMILES string of the molecule is CC(C)(C#N)CCCCn1cc(N)c(=O)[nH]c1=O. The number of aryl methyl sites for hydroxylation is 1. The number of aromatic nitrogens is 2. The Labute approximate surface area is 105 Å². The molecule has 98 valence electrons. The van der Waals surface area contributed by atoms with Gasteiger partial charge >= 0.3 is 5.69 Å². The number of unbranched alkanes of at least 4 members (excludes halogenated alkanes) is 1. The summed E-state index contributed by atoms with van der Waals surface area (Å²) in [7, 11) is 0. The minimum Gasteiger partial charge on any atom is -0.393 e. The molecule has 0 radical (unpaired) electrons. The molecule has 0 saturated heterocycles. The summed E-state index contributed by atoms with van der Waals surface area (Å²) in [4.78, 5) is 24.7. The van der Waals surface area contributed by atoms with Gasteiger partial charge in [-0.15, -0.1) is 0 Å². The summed E-state index contributed by atoms with van der Waals surface area (Å²) in [6.45, 7) is 4.26. The predicted octanol–water partition coefficient (Wildman–Crippen LogP) is 0.839. The van der Waals surface area contributed by atoms with Gasteiger partial charge in [-0.1, -0.05) is 6.42 Å². The van der Waals surface area contributed by atoms with Crippen LogP contribution < -0.4 is 17.0 Å². The van der Waals surface area contributed by atoms with Gasteiger partial charge in [0.2, 0.25) is 0 Å². The van der Waals surface area contributed by atoms with Crippen molar-refractivity contribution in [2.75, 3.05) is 5.73 Å². The van der Waals surface area contributed by atoms with Crippen molar-refractivity contribution in [3.63, 3.8) is 0 Å². The molecule has 18 heavy (non-hydrogen) atoms. The van der Waals surface area contributed by atoms with Gasteiger partial charge < -0.3 is 5.73 Å². The lowest BCUT2D eigenvalue weighted by atomic mass is 9.89. The molecular weight excluding hydrogens is 232 g/mol. The summed E-state index contributed by atoms with van der Waals surface area (Å²) in [5.41, 5.74) is 4.13. The van der Waals surface area contributed by atoms with Crippen LogP contribution in [0.25, 0.3) is 0 Å². The van der Waals surface area contributed by atoms with E-state index < -0.39 is 11.2 Å². The summed E-state index contributed by atoms with van der Waals surface area (Å²) in [6, 6.07) is 2.23. The van der Waals surface area contributed by atoms with Gasteiger partial charge in [0.15, 0.2) is 0 Å². The summed E-state index contributed by atoms with van der Waals surface area (Å²) in [5.74, 6) is 0. The Morgan fingerprint density at radius 2 is 2.11 bits per heavy atom. The molecule has 1 aromatic rings. The number of nitrogens with one attached hydrogen (secondary N) is 1. The van der Waals surface area contributed by atoms with E-state index in [1.165, 1.54) is 10.8 Å². The van der Waals surface area contributed by atoms with Crippen molar-refractivity contribution in [2.24, 2.45) is 5.41 Å². The van der Waals surface area contributed by atoms with Crippen molar-refractivity contribution in [1.29, 1.82) is 5.26 Å². The zero-order chi connectivity index (χ0) is 13.8. The number of hydrogen-bond donors (Lipinski definition) is 2. The average molecular weight is 250 g/mol. The van der Waals surface area contributed by atoms with Gasteiger partial charge in [0.1, 0.15) is 5.69 Å². The Bertz CT molecular complexity index is 563. The van der Waals surface area contributed by atoms with E-state index in [1.54, 1.807) is 0 Å². The maximum Gasteiger partial charge on any atom is 0.328 e. The molecule has 3 N–H and O–H groups in total. The molecule has 0 aromatic carbocycles. The summed E-state index contributed by atoms with van der Waals surface area (Å²) in [6.07, 6.45) is 3.73. The first-order chi connectivity index (χ1) is 8.35. The van der Waals surface area contributed by atoms with Gasteiger partial charge in [0, 0.05) is 12.7 Å². The van der Waals surface area contributed by atoms with Gasteiger partial charge in [-0.2, -0.15) is 5.26 Å². The largest absolute Gasteiger partial charge is 0.393 e. The maximum absolute atomic E-state index is 11.4. The Morgan fingerprint density at radius 3 is 2.72 bits per heavy atom. The van der Waals surface area contributed by atoms with Gasteiger partial charge in [0.25, 0.3) is 5.56 Å². The lowest BCUT2D eigenvalue weighted by Gasteiger charge is -2.14. The van der Waals surface area contributed by atoms with E-state index in [2.05, 4.69) is 11.1 Å². The van der Waals surface area contributed by atoms with Crippen molar-refractivity contribution < 1.29 is 0 Å². The number of nitrogens with zero attached hydrogens (tertiary/aromatic N) is 2. The monoisotopic (exact) mass is 250 g/mol. The quantitative estimate of drug-likeness (QED) is 0.755. The first-order valence-corrected chi connectivity index (χ1v) is 5.86. The van der Waals surface area contributed by atoms with Crippen LogP contribution in [0.1, 0.15) is 33.1 Å². The zero-order valence-corrected chi connectivity index (χ0v) is 10.7. The second-order valence-corrected chi connectivity index (χ2v) is 4.99. The Morgan fingerprint density at radius 1 is 1.44 bits per heavy atom.